The van der Waals surface area contributed by atoms with E-state index < -0.39 is 0 Å². The van der Waals surface area contributed by atoms with E-state index >= 15 is 0 Å². The number of hydrogen-bond donors (Lipinski definition) is 0. The molecule has 0 saturated carbocycles. The van der Waals surface area contributed by atoms with Gasteiger partial charge >= 0.3 is 0 Å². The first-order chi connectivity index (χ1) is 6.31. The van der Waals surface area contributed by atoms with Gasteiger partial charge in [-0.25, -0.2) is 0 Å². The Balaban J connectivity index is 2.99. The lowest BCUT2D eigenvalue weighted by molar-refractivity contribution is -0.107. The van der Waals surface area contributed by atoms with Gasteiger partial charge in [0.1, 0.15) is 0 Å². The minimum absolute atomic E-state index is 0.244. The van der Waals surface area contributed by atoms with Gasteiger partial charge in [-0.2, -0.15) is 0 Å². The van der Waals surface area contributed by atoms with Crippen LogP contribution in [0.1, 0.15) is 45.4 Å². The molecule has 0 saturated heterocycles. The van der Waals surface area contributed by atoms with Crippen molar-refractivity contribution in [3.8, 4) is 0 Å². The number of carbonyl (C=O) groups excluding carboxylic acids is 1. The maximum atomic E-state index is 10.1. The fourth-order valence-electron chi connectivity index (χ4n) is 1.12. The molecule has 0 N–H and O–H groups in total. The Kier molecular flexibility index (Phi) is 8.73. The summed E-state index contributed by atoms with van der Waals surface area (Å²) in [6.07, 6.45) is 8.04. The summed E-state index contributed by atoms with van der Waals surface area (Å²) in [7, 11) is 0. The Morgan fingerprint density at radius 3 is 2.46 bits per heavy atom. The minimum atomic E-state index is 0.244. The molecule has 0 radical (unpaired) electrons. The van der Waals surface area contributed by atoms with Crippen LogP contribution in [0.3, 0.4) is 0 Å². The number of aldehydes is 1. The summed E-state index contributed by atoms with van der Waals surface area (Å²) in [5, 5.41) is 0. The molecule has 0 heterocycles. The SMILES string of the molecule is C=C(C=O)OCCCCCCCC. The van der Waals surface area contributed by atoms with Crippen LogP contribution in [0.15, 0.2) is 12.3 Å². The molecule has 0 fully saturated rings. The fourth-order valence-corrected chi connectivity index (χ4v) is 1.12. The zero-order valence-electron chi connectivity index (χ0n) is 8.55. The first-order valence-corrected chi connectivity index (χ1v) is 5.08. The van der Waals surface area contributed by atoms with Crippen LogP contribution >= 0.6 is 0 Å². The molecule has 2 nitrogen and oxygen atoms in total. The number of hydrogen-bond acceptors (Lipinski definition) is 2. The van der Waals surface area contributed by atoms with Crippen molar-refractivity contribution in [2.24, 2.45) is 0 Å². The largest absolute Gasteiger partial charge is 0.491 e. The van der Waals surface area contributed by atoms with E-state index in [1.807, 2.05) is 0 Å². The van der Waals surface area contributed by atoms with Crippen LogP contribution in [0, 0.1) is 0 Å². The molecule has 0 aromatic rings. The van der Waals surface area contributed by atoms with Crippen molar-refractivity contribution in [2.45, 2.75) is 45.4 Å². The summed E-state index contributed by atoms with van der Waals surface area (Å²) in [6.45, 7) is 6.26. The number of rotatable bonds is 9. The molecule has 0 bridgehead atoms. The highest BCUT2D eigenvalue weighted by atomic mass is 16.5. The minimum Gasteiger partial charge on any atom is -0.491 e. The van der Waals surface area contributed by atoms with Gasteiger partial charge in [0.2, 0.25) is 0 Å². The van der Waals surface area contributed by atoms with E-state index in [1.165, 1.54) is 32.1 Å². The van der Waals surface area contributed by atoms with E-state index in [-0.39, 0.29) is 5.76 Å². The molecule has 76 valence electrons. The Labute approximate surface area is 81.0 Å². The van der Waals surface area contributed by atoms with Gasteiger partial charge in [0.25, 0.3) is 0 Å². The average Bonchev–Trinajstić information content (AvgIpc) is 2.16. The summed E-state index contributed by atoms with van der Waals surface area (Å²) >= 11 is 0. The Morgan fingerprint density at radius 2 is 1.85 bits per heavy atom. The maximum absolute atomic E-state index is 10.1. The Bertz CT molecular complexity index is 141. The second-order valence-corrected chi connectivity index (χ2v) is 3.20. The lowest BCUT2D eigenvalue weighted by Gasteiger charge is -2.03. The zero-order valence-corrected chi connectivity index (χ0v) is 8.55. The second-order valence-electron chi connectivity index (χ2n) is 3.20. The molecule has 0 spiro atoms. The van der Waals surface area contributed by atoms with E-state index in [0.29, 0.717) is 12.9 Å². The summed E-state index contributed by atoms with van der Waals surface area (Å²) < 4.78 is 5.04. The van der Waals surface area contributed by atoms with E-state index in [9.17, 15) is 4.79 Å². The highest BCUT2D eigenvalue weighted by molar-refractivity contribution is 5.68. The molecule has 0 aromatic heterocycles. The van der Waals surface area contributed by atoms with E-state index in [4.69, 9.17) is 4.74 Å². The summed E-state index contributed by atoms with van der Waals surface area (Å²) in [4.78, 5) is 10.1. The van der Waals surface area contributed by atoms with Gasteiger partial charge in [0.15, 0.2) is 12.0 Å². The van der Waals surface area contributed by atoms with Crippen molar-refractivity contribution in [3.63, 3.8) is 0 Å². The lowest BCUT2D eigenvalue weighted by Crippen LogP contribution is -1.94. The van der Waals surface area contributed by atoms with Crippen LogP contribution in [-0.4, -0.2) is 12.9 Å². The van der Waals surface area contributed by atoms with Gasteiger partial charge in [-0.15, -0.1) is 0 Å². The van der Waals surface area contributed by atoms with Crippen LogP contribution < -0.4 is 0 Å². The van der Waals surface area contributed by atoms with E-state index in [2.05, 4.69) is 13.5 Å². The van der Waals surface area contributed by atoms with E-state index in [0.717, 1.165) is 6.42 Å². The van der Waals surface area contributed by atoms with Crippen LogP contribution in [0.2, 0.25) is 0 Å². The summed E-state index contributed by atoms with van der Waals surface area (Å²) in [5.74, 6) is 0.244. The van der Waals surface area contributed by atoms with Crippen molar-refractivity contribution in [2.75, 3.05) is 6.61 Å². The highest BCUT2D eigenvalue weighted by Gasteiger charge is 1.92. The van der Waals surface area contributed by atoms with Crippen LogP contribution in [-0.2, 0) is 9.53 Å². The molecular weight excluding hydrogens is 164 g/mol. The van der Waals surface area contributed by atoms with Gasteiger partial charge in [0, 0.05) is 0 Å². The summed E-state index contributed by atoms with van der Waals surface area (Å²) in [5.41, 5.74) is 0. The monoisotopic (exact) mass is 184 g/mol. The van der Waals surface area contributed by atoms with Gasteiger partial charge < -0.3 is 4.74 Å². The molecule has 0 aliphatic carbocycles. The smallest absolute Gasteiger partial charge is 0.184 e. The Morgan fingerprint density at radius 1 is 1.23 bits per heavy atom. The van der Waals surface area contributed by atoms with Gasteiger partial charge in [0.05, 0.1) is 6.61 Å². The van der Waals surface area contributed by atoms with Crippen molar-refractivity contribution in [3.05, 3.63) is 12.3 Å². The number of allylic oxidation sites excluding steroid dienone is 1. The molecule has 13 heavy (non-hydrogen) atoms. The predicted molar refractivity (Wildman–Crippen MR) is 54.5 cm³/mol. The molecule has 0 aliphatic rings. The molecule has 0 amide bonds. The molecule has 0 aromatic carbocycles. The predicted octanol–water partition coefficient (Wildman–Crippen LogP) is 3.08. The molecule has 0 rings (SSSR count). The van der Waals surface area contributed by atoms with Gasteiger partial charge in [-0.05, 0) is 6.42 Å². The van der Waals surface area contributed by atoms with Gasteiger partial charge in [-0.3, -0.25) is 4.79 Å². The van der Waals surface area contributed by atoms with Crippen LogP contribution in [0.4, 0.5) is 0 Å². The quantitative estimate of drug-likeness (QED) is 0.238. The molecule has 0 atom stereocenters. The topological polar surface area (TPSA) is 26.3 Å². The van der Waals surface area contributed by atoms with Crippen LogP contribution in [0.25, 0.3) is 0 Å². The summed E-state index contributed by atoms with van der Waals surface area (Å²) in [6, 6.07) is 0. The number of ether oxygens (including phenoxy) is 1. The fraction of sp³-hybridized carbons (Fsp3) is 0.727. The zero-order chi connectivity index (χ0) is 9.94. The van der Waals surface area contributed by atoms with Crippen molar-refractivity contribution in [1.29, 1.82) is 0 Å². The van der Waals surface area contributed by atoms with Gasteiger partial charge in [-0.1, -0.05) is 45.6 Å². The Hall–Kier alpha value is -0.790. The maximum Gasteiger partial charge on any atom is 0.184 e. The first-order valence-electron chi connectivity index (χ1n) is 5.08. The lowest BCUT2D eigenvalue weighted by atomic mass is 10.1. The van der Waals surface area contributed by atoms with E-state index in [1.54, 1.807) is 0 Å². The third-order valence-electron chi connectivity index (χ3n) is 1.92. The molecular formula is C11H20O2. The molecule has 2 heteroatoms. The average molecular weight is 184 g/mol. The molecule has 0 aliphatic heterocycles. The number of carbonyl (C=O) groups is 1. The van der Waals surface area contributed by atoms with Crippen molar-refractivity contribution >= 4 is 6.29 Å². The second kappa shape index (κ2) is 9.30. The highest BCUT2D eigenvalue weighted by Crippen LogP contribution is 2.05. The third kappa shape index (κ3) is 9.12. The van der Waals surface area contributed by atoms with Crippen molar-refractivity contribution in [1.82, 2.24) is 0 Å². The first kappa shape index (κ1) is 12.2. The number of unbranched alkanes of at least 4 members (excludes halogenated alkanes) is 5. The van der Waals surface area contributed by atoms with Crippen LogP contribution in [0.5, 0.6) is 0 Å². The molecule has 0 unspecified atom stereocenters. The van der Waals surface area contributed by atoms with Crippen molar-refractivity contribution < 1.29 is 9.53 Å². The third-order valence-corrected chi connectivity index (χ3v) is 1.92. The standard InChI is InChI=1S/C11H20O2/c1-3-4-5-6-7-8-9-13-11(2)10-12/h10H,2-9H2,1H3. The normalized spacial score (nSPS) is 9.62.